The van der Waals surface area contributed by atoms with Crippen LogP contribution in [0.1, 0.15) is 10.4 Å². The smallest absolute Gasteiger partial charge is 0.358 e. The van der Waals surface area contributed by atoms with Crippen molar-refractivity contribution in [2.75, 3.05) is 14.1 Å². The summed E-state index contributed by atoms with van der Waals surface area (Å²) < 4.78 is 25.7. The molecular weight excluding hydrogens is 300 g/mol. The number of rotatable bonds is 3. The van der Waals surface area contributed by atoms with Crippen molar-refractivity contribution >= 4 is 27.9 Å². The first-order valence-electron chi connectivity index (χ1n) is 5.48. The Bertz CT molecular complexity index is 693. The summed E-state index contributed by atoms with van der Waals surface area (Å²) in [6, 6.07) is 1.38. The Labute approximate surface area is 120 Å². The van der Waals surface area contributed by atoms with Gasteiger partial charge in [0.05, 0.1) is 5.56 Å². The van der Waals surface area contributed by atoms with Gasteiger partial charge in [-0.15, -0.1) is 0 Å². The predicted molar refractivity (Wildman–Crippen MR) is 73.8 cm³/mol. The van der Waals surface area contributed by atoms with Gasteiger partial charge in [-0.25, -0.2) is 14.5 Å². The molecule has 0 fully saturated rings. The third-order valence-corrected chi connectivity index (χ3v) is 3.39. The monoisotopic (exact) mass is 314 g/mol. The standard InChI is InChI=1S/C10H14N6O4S/c1-16(2)8(17)6-4-3-5-13-7(6)21(19,20)15-10(18)14-9(11)12/h3-5H,1-2H3,(H5,11,12,14,15,18). The van der Waals surface area contributed by atoms with Crippen LogP contribution in [-0.4, -0.2) is 50.3 Å². The number of pyridine rings is 1. The average Bonchev–Trinajstić information content (AvgIpc) is 2.36. The number of sulfonamides is 1. The van der Waals surface area contributed by atoms with Crippen molar-refractivity contribution in [2.24, 2.45) is 16.5 Å². The van der Waals surface area contributed by atoms with Crippen molar-refractivity contribution in [3.63, 3.8) is 0 Å². The maximum Gasteiger partial charge on any atom is 0.358 e. The summed E-state index contributed by atoms with van der Waals surface area (Å²) in [5.74, 6) is -1.19. The molecule has 3 amide bonds. The van der Waals surface area contributed by atoms with E-state index in [2.05, 4.69) is 9.98 Å². The zero-order valence-electron chi connectivity index (χ0n) is 11.3. The first-order chi connectivity index (χ1) is 9.65. The molecule has 0 aliphatic heterocycles. The quantitative estimate of drug-likeness (QED) is 0.449. The SMILES string of the molecule is CN(C)C(=O)c1cccnc1S(=O)(=O)NC(=O)N=C(N)N. The Balaban J connectivity index is 3.24. The number of nitrogens with two attached hydrogens (primary N) is 2. The molecule has 0 saturated heterocycles. The molecule has 0 aliphatic rings. The Morgan fingerprint density at radius 1 is 1.33 bits per heavy atom. The van der Waals surface area contributed by atoms with Crippen LogP contribution in [-0.2, 0) is 10.0 Å². The maximum atomic E-state index is 12.1. The van der Waals surface area contributed by atoms with Crippen LogP contribution in [0.5, 0.6) is 0 Å². The van der Waals surface area contributed by atoms with Crippen LogP contribution in [0.25, 0.3) is 0 Å². The number of urea groups is 1. The normalized spacial score (nSPS) is 10.6. The Hall–Kier alpha value is -2.69. The molecule has 0 radical (unpaired) electrons. The topological polar surface area (TPSA) is 161 Å². The average molecular weight is 314 g/mol. The molecule has 1 aromatic heterocycles. The van der Waals surface area contributed by atoms with E-state index in [1.165, 1.54) is 37.3 Å². The van der Waals surface area contributed by atoms with Crippen LogP contribution in [0.2, 0.25) is 0 Å². The van der Waals surface area contributed by atoms with E-state index in [0.717, 1.165) is 0 Å². The number of hydrogen-bond donors (Lipinski definition) is 3. The fourth-order valence-corrected chi connectivity index (χ4v) is 2.33. The van der Waals surface area contributed by atoms with E-state index in [1.54, 1.807) is 4.72 Å². The van der Waals surface area contributed by atoms with E-state index in [1.807, 2.05) is 0 Å². The largest absolute Gasteiger partial charge is 0.370 e. The molecule has 21 heavy (non-hydrogen) atoms. The summed E-state index contributed by atoms with van der Waals surface area (Å²) in [5.41, 5.74) is 9.74. The minimum atomic E-state index is -4.39. The van der Waals surface area contributed by atoms with Gasteiger partial charge in [0.15, 0.2) is 11.0 Å². The first-order valence-corrected chi connectivity index (χ1v) is 6.96. The lowest BCUT2D eigenvalue weighted by Gasteiger charge is -2.13. The van der Waals surface area contributed by atoms with E-state index in [4.69, 9.17) is 11.5 Å². The minimum absolute atomic E-state index is 0.187. The van der Waals surface area contributed by atoms with E-state index in [-0.39, 0.29) is 5.56 Å². The van der Waals surface area contributed by atoms with E-state index in [0.29, 0.717) is 0 Å². The maximum absolute atomic E-state index is 12.1. The van der Waals surface area contributed by atoms with Gasteiger partial charge in [0, 0.05) is 20.3 Å². The van der Waals surface area contributed by atoms with Crippen LogP contribution in [0.4, 0.5) is 4.79 Å². The number of carbonyl (C=O) groups is 2. The molecule has 0 bridgehead atoms. The van der Waals surface area contributed by atoms with Gasteiger partial charge < -0.3 is 16.4 Å². The summed E-state index contributed by atoms with van der Waals surface area (Å²) in [4.78, 5) is 31.0. The van der Waals surface area contributed by atoms with E-state index >= 15 is 0 Å². The van der Waals surface area contributed by atoms with Crippen molar-refractivity contribution in [1.82, 2.24) is 14.6 Å². The van der Waals surface area contributed by atoms with Crippen LogP contribution in [0, 0.1) is 0 Å². The number of nitrogens with zero attached hydrogens (tertiary/aromatic N) is 3. The number of nitrogens with one attached hydrogen (secondary N) is 1. The van der Waals surface area contributed by atoms with E-state index < -0.39 is 32.9 Å². The van der Waals surface area contributed by atoms with Gasteiger partial charge in [0.2, 0.25) is 0 Å². The van der Waals surface area contributed by atoms with Gasteiger partial charge in [0.1, 0.15) is 0 Å². The minimum Gasteiger partial charge on any atom is -0.370 e. The van der Waals surface area contributed by atoms with Crippen molar-refractivity contribution in [1.29, 1.82) is 0 Å². The van der Waals surface area contributed by atoms with Gasteiger partial charge in [-0.05, 0) is 12.1 Å². The summed E-state index contributed by atoms with van der Waals surface area (Å²) in [5, 5.41) is -0.595. The van der Waals surface area contributed by atoms with Crippen molar-refractivity contribution < 1.29 is 18.0 Å². The molecule has 0 spiro atoms. The van der Waals surface area contributed by atoms with Crippen LogP contribution >= 0.6 is 0 Å². The fourth-order valence-electron chi connectivity index (χ4n) is 1.31. The number of aromatic nitrogens is 1. The third kappa shape index (κ3) is 4.14. The lowest BCUT2D eigenvalue weighted by atomic mass is 10.2. The second-order valence-electron chi connectivity index (χ2n) is 4.00. The highest BCUT2D eigenvalue weighted by atomic mass is 32.2. The van der Waals surface area contributed by atoms with Crippen molar-refractivity contribution in [3.8, 4) is 0 Å². The molecule has 5 N–H and O–H groups in total. The van der Waals surface area contributed by atoms with Crippen LogP contribution < -0.4 is 16.2 Å². The Morgan fingerprint density at radius 3 is 2.48 bits per heavy atom. The Morgan fingerprint density at radius 2 is 1.95 bits per heavy atom. The zero-order valence-corrected chi connectivity index (χ0v) is 12.1. The summed E-state index contributed by atoms with van der Waals surface area (Å²) in [7, 11) is -1.49. The third-order valence-electron chi connectivity index (χ3n) is 2.11. The highest BCUT2D eigenvalue weighted by molar-refractivity contribution is 7.90. The van der Waals surface area contributed by atoms with Crippen molar-refractivity contribution in [2.45, 2.75) is 5.03 Å². The second-order valence-corrected chi connectivity index (χ2v) is 5.60. The molecule has 0 aromatic carbocycles. The molecule has 1 heterocycles. The number of guanidine groups is 1. The summed E-state index contributed by atoms with van der Waals surface area (Å²) >= 11 is 0. The highest BCUT2D eigenvalue weighted by Gasteiger charge is 2.26. The van der Waals surface area contributed by atoms with Gasteiger partial charge >= 0.3 is 6.03 Å². The molecule has 11 heteroatoms. The van der Waals surface area contributed by atoms with Crippen molar-refractivity contribution in [3.05, 3.63) is 23.9 Å². The molecule has 1 rings (SSSR count). The second kappa shape index (κ2) is 6.17. The first kappa shape index (κ1) is 16.4. The van der Waals surface area contributed by atoms with Gasteiger partial charge in [0.25, 0.3) is 15.9 Å². The Kier molecular flexibility index (Phi) is 4.81. The van der Waals surface area contributed by atoms with Gasteiger partial charge in [-0.2, -0.15) is 13.4 Å². The number of aliphatic imine (C=N–C) groups is 1. The predicted octanol–water partition coefficient (Wildman–Crippen LogP) is -1.54. The molecular formula is C10H14N6O4S. The van der Waals surface area contributed by atoms with Crippen LogP contribution in [0.3, 0.4) is 0 Å². The highest BCUT2D eigenvalue weighted by Crippen LogP contribution is 2.13. The molecule has 0 aliphatic carbocycles. The lowest BCUT2D eigenvalue weighted by molar-refractivity contribution is 0.0823. The summed E-state index contributed by atoms with van der Waals surface area (Å²) in [6.07, 6.45) is 1.17. The molecule has 0 atom stereocenters. The number of carbonyl (C=O) groups excluding carboxylic acids is 2. The van der Waals surface area contributed by atoms with Gasteiger partial charge in [-0.3, -0.25) is 4.79 Å². The fraction of sp³-hybridized carbons (Fsp3) is 0.200. The van der Waals surface area contributed by atoms with Gasteiger partial charge in [-0.1, -0.05) is 0 Å². The number of hydrogen-bond acceptors (Lipinski definition) is 5. The summed E-state index contributed by atoms with van der Waals surface area (Å²) in [6.45, 7) is 0. The molecule has 114 valence electrons. The zero-order chi connectivity index (χ0) is 16.2. The van der Waals surface area contributed by atoms with E-state index in [9.17, 15) is 18.0 Å². The molecule has 0 saturated carbocycles. The number of amides is 3. The van der Waals surface area contributed by atoms with Crippen LogP contribution in [0.15, 0.2) is 28.3 Å². The molecule has 0 unspecified atom stereocenters. The molecule has 1 aromatic rings. The molecule has 10 nitrogen and oxygen atoms in total. The lowest BCUT2D eigenvalue weighted by Crippen LogP contribution is -2.34.